The van der Waals surface area contributed by atoms with Gasteiger partial charge < -0.3 is 10.1 Å². The number of carbonyl (C=O) groups excluding carboxylic acids is 3. The maximum absolute atomic E-state index is 12.6. The quantitative estimate of drug-likeness (QED) is 0.587. The van der Waals surface area contributed by atoms with Crippen molar-refractivity contribution in [3.63, 3.8) is 0 Å². The Labute approximate surface area is 158 Å². The second-order valence-corrected chi connectivity index (χ2v) is 7.49. The molecule has 1 saturated carbocycles. The Morgan fingerprint density at radius 1 is 1.07 bits per heavy atom. The minimum Gasteiger partial charge on any atom is -0.377 e. The standard InChI is InChI=1S/C21H24N2O4/c1-2-27-12-14-5-3-13(4-6-14)10-22-17(24)11-23-20(25)18-15-7-8-16(9-15)19(18)21(23)26/h3-8,15-16,18-19H,2,9-12H2,1H3,(H,22,24). The van der Waals surface area contributed by atoms with Crippen LogP contribution in [0.3, 0.4) is 0 Å². The van der Waals surface area contributed by atoms with Crippen molar-refractivity contribution in [2.75, 3.05) is 13.2 Å². The van der Waals surface area contributed by atoms with Crippen molar-refractivity contribution >= 4 is 17.7 Å². The third kappa shape index (κ3) is 3.30. The summed E-state index contributed by atoms with van der Waals surface area (Å²) >= 11 is 0. The first-order chi connectivity index (χ1) is 13.1. The van der Waals surface area contributed by atoms with E-state index in [1.807, 2.05) is 31.2 Å². The van der Waals surface area contributed by atoms with Crippen molar-refractivity contribution in [3.05, 3.63) is 47.5 Å². The van der Waals surface area contributed by atoms with Gasteiger partial charge in [-0.1, -0.05) is 36.4 Å². The first-order valence-corrected chi connectivity index (χ1v) is 9.54. The van der Waals surface area contributed by atoms with Gasteiger partial charge in [0.25, 0.3) is 0 Å². The molecule has 2 aliphatic carbocycles. The van der Waals surface area contributed by atoms with Gasteiger partial charge in [0.1, 0.15) is 6.54 Å². The summed E-state index contributed by atoms with van der Waals surface area (Å²) in [6.45, 7) is 3.37. The van der Waals surface area contributed by atoms with Gasteiger partial charge in [-0.3, -0.25) is 19.3 Å². The van der Waals surface area contributed by atoms with E-state index in [4.69, 9.17) is 4.74 Å². The number of nitrogens with zero attached hydrogens (tertiary/aromatic N) is 1. The van der Waals surface area contributed by atoms with Crippen molar-refractivity contribution in [3.8, 4) is 0 Å². The fourth-order valence-corrected chi connectivity index (χ4v) is 4.49. The molecule has 4 rings (SSSR count). The van der Waals surface area contributed by atoms with Crippen LogP contribution in [0.15, 0.2) is 36.4 Å². The number of hydrogen-bond acceptors (Lipinski definition) is 4. The zero-order valence-electron chi connectivity index (χ0n) is 15.4. The van der Waals surface area contributed by atoms with E-state index in [2.05, 4.69) is 17.5 Å². The molecular weight excluding hydrogens is 344 g/mol. The lowest BCUT2D eigenvalue weighted by Gasteiger charge is -2.16. The van der Waals surface area contributed by atoms with E-state index in [0.717, 1.165) is 22.4 Å². The van der Waals surface area contributed by atoms with Crippen LogP contribution >= 0.6 is 0 Å². The van der Waals surface area contributed by atoms with Gasteiger partial charge in [-0.25, -0.2) is 0 Å². The molecule has 142 valence electrons. The Hall–Kier alpha value is -2.47. The van der Waals surface area contributed by atoms with Gasteiger partial charge in [0.15, 0.2) is 0 Å². The van der Waals surface area contributed by atoms with Crippen LogP contribution in [-0.2, 0) is 32.3 Å². The molecule has 0 aromatic heterocycles. The van der Waals surface area contributed by atoms with Crippen molar-refractivity contribution in [1.82, 2.24) is 10.2 Å². The number of ether oxygens (including phenoxy) is 1. The molecule has 1 aromatic rings. The molecule has 3 aliphatic rings. The molecule has 4 unspecified atom stereocenters. The van der Waals surface area contributed by atoms with Crippen LogP contribution in [0, 0.1) is 23.7 Å². The van der Waals surface area contributed by atoms with Crippen molar-refractivity contribution in [2.24, 2.45) is 23.7 Å². The average molecular weight is 368 g/mol. The fraction of sp³-hybridized carbons (Fsp3) is 0.476. The summed E-state index contributed by atoms with van der Waals surface area (Å²) in [5, 5.41) is 2.80. The molecule has 3 amide bonds. The maximum Gasteiger partial charge on any atom is 0.240 e. The second kappa shape index (κ2) is 7.27. The number of nitrogens with one attached hydrogen (secondary N) is 1. The molecule has 1 heterocycles. The Kier molecular flexibility index (Phi) is 4.83. The van der Waals surface area contributed by atoms with E-state index >= 15 is 0 Å². The van der Waals surface area contributed by atoms with E-state index in [1.165, 1.54) is 0 Å². The van der Waals surface area contributed by atoms with Crippen LogP contribution in [0.1, 0.15) is 24.5 Å². The molecule has 6 heteroatoms. The summed E-state index contributed by atoms with van der Waals surface area (Å²) in [6, 6.07) is 7.81. The maximum atomic E-state index is 12.6. The molecule has 2 bridgehead atoms. The molecule has 4 atom stereocenters. The summed E-state index contributed by atoms with van der Waals surface area (Å²) in [6.07, 6.45) is 5.00. The number of fused-ring (bicyclic) bond motifs is 5. The van der Waals surface area contributed by atoms with E-state index in [0.29, 0.717) is 19.8 Å². The Morgan fingerprint density at radius 2 is 1.67 bits per heavy atom. The predicted molar refractivity (Wildman–Crippen MR) is 98.1 cm³/mol. The lowest BCUT2D eigenvalue weighted by atomic mass is 9.85. The molecule has 1 saturated heterocycles. The number of hydrogen-bond donors (Lipinski definition) is 1. The number of imide groups is 1. The first-order valence-electron chi connectivity index (χ1n) is 9.54. The van der Waals surface area contributed by atoms with E-state index < -0.39 is 0 Å². The molecular formula is C21H24N2O4. The summed E-state index contributed by atoms with van der Waals surface area (Å²) in [4.78, 5) is 38.6. The summed E-state index contributed by atoms with van der Waals surface area (Å²) in [5.74, 6) is -0.847. The lowest BCUT2D eigenvalue weighted by Crippen LogP contribution is -2.41. The summed E-state index contributed by atoms with van der Waals surface area (Å²) in [5.41, 5.74) is 2.04. The highest BCUT2D eigenvalue weighted by Crippen LogP contribution is 2.52. The van der Waals surface area contributed by atoms with Crippen LogP contribution in [0.25, 0.3) is 0 Å². The highest BCUT2D eigenvalue weighted by Gasteiger charge is 2.59. The SMILES string of the molecule is CCOCc1ccc(CNC(=O)CN2C(=O)C3C4C=CC(C4)C3C2=O)cc1. The van der Waals surface area contributed by atoms with E-state index in [1.54, 1.807) is 0 Å². The molecule has 6 nitrogen and oxygen atoms in total. The molecule has 1 N–H and O–H groups in total. The summed E-state index contributed by atoms with van der Waals surface area (Å²) < 4.78 is 5.36. The van der Waals surface area contributed by atoms with Crippen molar-refractivity contribution in [2.45, 2.75) is 26.5 Å². The van der Waals surface area contributed by atoms with Crippen LogP contribution in [0.5, 0.6) is 0 Å². The molecule has 0 spiro atoms. The first kappa shape index (κ1) is 17.9. The Morgan fingerprint density at radius 3 is 2.26 bits per heavy atom. The van der Waals surface area contributed by atoms with E-state index in [9.17, 15) is 14.4 Å². The van der Waals surface area contributed by atoms with Crippen LogP contribution in [0.2, 0.25) is 0 Å². The third-order valence-corrected chi connectivity index (χ3v) is 5.85. The van der Waals surface area contributed by atoms with Gasteiger partial charge >= 0.3 is 0 Å². The van der Waals surface area contributed by atoms with Gasteiger partial charge in [0.2, 0.25) is 17.7 Å². The zero-order chi connectivity index (χ0) is 19.0. The van der Waals surface area contributed by atoms with Crippen LogP contribution in [-0.4, -0.2) is 35.8 Å². The van der Waals surface area contributed by atoms with Gasteiger partial charge in [-0.15, -0.1) is 0 Å². The topological polar surface area (TPSA) is 75.7 Å². The molecule has 1 aliphatic heterocycles. The molecule has 1 aromatic carbocycles. The predicted octanol–water partition coefficient (Wildman–Crippen LogP) is 1.65. The number of amides is 3. The monoisotopic (exact) mass is 368 g/mol. The number of likely N-dealkylation sites (tertiary alicyclic amines) is 1. The van der Waals surface area contributed by atoms with Gasteiger partial charge in [-0.2, -0.15) is 0 Å². The molecule has 2 fully saturated rings. The van der Waals surface area contributed by atoms with E-state index in [-0.39, 0.29) is 47.9 Å². The second-order valence-electron chi connectivity index (χ2n) is 7.49. The minimum atomic E-state index is -0.310. The number of carbonyl (C=O) groups is 3. The Balaban J connectivity index is 1.30. The average Bonchev–Trinajstić information content (AvgIpc) is 3.35. The largest absolute Gasteiger partial charge is 0.377 e. The highest BCUT2D eigenvalue weighted by molar-refractivity contribution is 6.08. The summed E-state index contributed by atoms with van der Waals surface area (Å²) in [7, 11) is 0. The minimum absolute atomic E-state index is 0.166. The van der Waals surface area contributed by atoms with Crippen LogP contribution < -0.4 is 5.32 Å². The van der Waals surface area contributed by atoms with Gasteiger partial charge in [0, 0.05) is 13.2 Å². The van der Waals surface area contributed by atoms with Gasteiger partial charge in [-0.05, 0) is 36.3 Å². The van der Waals surface area contributed by atoms with Crippen molar-refractivity contribution in [1.29, 1.82) is 0 Å². The van der Waals surface area contributed by atoms with Gasteiger partial charge in [0.05, 0.1) is 18.4 Å². The fourth-order valence-electron chi connectivity index (χ4n) is 4.49. The third-order valence-electron chi connectivity index (χ3n) is 5.85. The number of allylic oxidation sites excluding steroid dienone is 2. The van der Waals surface area contributed by atoms with Crippen molar-refractivity contribution < 1.29 is 19.1 Å². The number of benzene rings is 1. The normalized spacial score (nSPS) is 28.1. The number of rotatable bonds is 7. The lowest BCUT2D eigenvalue weighted by molar-refractivity contribution is -0.144. The zero-order valence-corrected chi connectivity index (χ0v) is 15.4. The van der Waals surface area contributed by atoms with Crippen LogP contribution in [0.4, 0.5) is 0 Å². The molecule has 27 heavy (non-hydrogen) atoms. The smallest absolute Gasteiger partial charge is 0.240 e. The molecule has 0 radical (unpaired) electrons. The highest BCUT2D eigenvalue weighted by atomic mass is 16.5. The Bertz CT molecular complexity index is 756.